The zero-order valence-electron chi connectivity index (χ0n) is 8.58. The summed E-state index contributed by atoms with van der Waals surface area (Å²) >= 11 is 0. The van der Waals surface area contributed by atoms with Crippen molar-refractivity contribution in [3.05, 3.63) is 35.4 Å². The third-order valence-corrected chi connectivity index (χ3v) is 2.14. The average molecular weight is 192 g/mol. The summed E-state index contributed by atoms with van der Waals surface area (Å²) in [5, 5.41) is 2.80. The van der Waals surface area contributed by atoms with E-state index < -0.39 is 0 Å². The number of nitrogens with two attached hydrogens (primary N) is 1. The van der Waals surface area contributed by atoms with Crippen LogP contribution in [-0.2, 0) is 4.79 Å². The van der Waals surface area contributed by atoms with E-state index in [4.69, 9.17) is 5.73 Å². The van der Waals surface area contributed by atoms with Crippen LogP contribution in [-0.4, -0.2) is 12.5 Å². The van der Waals surface area contributed by atoms with E-state index in [0.717, 1.165) is 5.56 Å². The zero-order chi connectivity index (χ0) is 10.6. The molecule has 0 unspecified atom stereocenters. The summed E-state index contributed by atoms with van der Waals surface area (Å²) in [4.78, 5) is 11.0. The van der Waals surface area contributed by atoms with Crippen molar-refractivity contribution in [3.8, 4) is 0 Å². The first-order chi connectivity index (χ1) is 6.63. The molecule has 1 rings (SSSR count). The van der Waals surface area contributed by atoms with Gasteiger partial charge in [-0.2, -0.15) is 0 Å². The molecule has 1 amide bonds. The molecule has 0 saturated carbocycles. The van der Waals surface area contributed by atoms with E-state index in [9.17, 15) is 4.79 Å². The summed E-state index contributed by atoms with van der Waals surface area (Å²) in [7, 11) is 0. The van der Waals surface area contributed by atoms with Crippen LogP contribution >= 0.6 is 0 Å². The van der Waals surface area contributed by atoms with Gasteiger partial charge in [0.1, 0.15) is 0 Å². The minimum Gasteiger partial charge on any atom is -0.348 e. The summed E-state index contributed by atoms with van der Waals surface area (Å²) in [5.74, 6) is -0.127. The van der Waals surface area contributed by atoms with E-state index in [1.807, 2.05) is 38.1 Å². The molecule has 3 N–H and O–H groups in total. The van der Waals surface area contributed by atoms with Gasteiger partial charge in [0.25, 0.3) is 0 Å². The molecule has 14 heavy (non-hydrogen) atoms. The first-order valence-electron chi connectivity index (χ1n) is 4.69. The van der Waals surface area contributed by atoms with E-state index in [2.05, 4.69) is 5.32 Å². The van der Waals surface area contributed by atoms with Crippen molar-refractivity contribution in [2.45, 2.75) is 19.9 Å². The number of aryl methyl sites for hydroxylation is 1. The number of hydrogen-bond acceptors (Lipinski definition) is 2. The second-order valence-corrected chi connectivity index (χ2v) is 3.40. The number of carbonyl (C=O) groups is 1. The molecule has 0 bridgehead atoms. The molecular formula is C11H16N2O. The maximum atomic E-state index is 11.0. The minimum atomic E-state index is -0.127. The van der Waals surface area contributed by atoms with Gasteiger partial charge >= 0.3 is 0 Å². The van der Waals surface area contributed by atoms with Gasteiger partial charge in [0.15, 0.2) is 0 Å². The van der Waals surface area contributed by atoms with Crippen LogP contribution in [0.5, 0.6) is 0 Å². The van der Waals surface area contributed by atoms with Gasteiger partial charge in [-0.05, 0) is 19.4 Å². The number of benzene rings is 1. The lowest BCUT2D eigenvalue weighted by Gasteiger charge is -2.13. The largest absolute Gasteiger partial charge is 0.348 e. The molecule has 0 aliphatic carbocycles. The van der Waals surface area contributed by atoms with Crippen LogP contribution in [0.15, 0.2) is 24.3 Å². The fourth-order valence-corrected chi connectivity index (χ4v) is 1.24. The maximum absolute atomic E-state index is 11.0. The molecule has 0 fully saturated rings. The number of rotatable bonds is 3. The number of carbonyl (C=O) groups excluding carboxylic acids is 1. The number of amides is 1. The highest BCUT2D eigenvalue weighted by Gasteiger charge is 2.06. The first-order valence-corrected chi connectivity index (χ1v) is 4.69. The van der Waals surface area contributed by atoms with E-state index in [1.165, 1.54) is 5.56 Å². The van der Waals surface area contributed by atoms with E-state index in [0.29, 0.717) is 0 Å². The van der Waals surface area contributed by atoms with Crippen molar-refractivity contribution in [3.63, 3.8) is 0 Å². The Balaban J connectivity index is 2.65. The predicted octanol–water partition coefficient (Wildman–Crippen LogP) is 1.13. The molecule has 3 heteroatoms. The van der Waals surface area contributed by atoms with Crippen LogP contribution in [0.25, 0.3) is 0 Å². The molecule has 1 aromatic rings. The highest BCUT2D eigenvalue weighted by molar-refractivity contribution is 5.78. The van der Waals surface area contributed by atoms with E-state index in [1.54, 1.807) is 0 Å². The number of hydrogen-bond donors (Lipinski definition) is 2. The van der Waals surface area contributed by atoms with Crippen LogP contribution < -0.4 is 11.1 Å². The summed E-state index contributed by atoms with van der Waals surface area (Å²) in [5.41, 5.74) is 7.52. The Hall–Kier alpha value is -1.35. The molecule has 0 aliphatic heterocycles. The molecule has 0 heterocycles. The van der Waals surface area contributed by atoms with Gasteiger partial charge in [0.05, 0.1) is 12.6 Å². The molecule has 0 aromatic heterocycles. The summed E-state index contributed by atoms with van der Waals surface area (Å²) in [6.45, 7) is 4.02. The van der Waals surface area contributed by atoms with Gasteiger partial charge in [0, 0.05) is 0 Å². The lowest BCUT2D eigenvalue weighted by Crippen LogP contribution is -2.32. The summed E-state index contributed by atoms with van der Waals surface area (Å²) in [6.07, 6.45) is 0. The Labute approximate surface area is 84.3 Å². The summed E-state index contributed by atoms with van der Waals surface area (Å²) < 4.78 is 0. The standard InChI is InChI=1S/C11H16N2O/c1-8-3-5-10(6-4-8)9(2)13-11(14)7-12/h3-6,9H,7,12H2,1-2H3,(H,13,14)/t9-/m0/s1. The van der Waals surface area contributed by atoms with Crippen LogP contribution in [0.2, 0.25) is 0 Å². The van der Waals surface area contributed by atoms with Crippen molar-refractivity contribution in [1.29, 1.82) is 0 Å². The molecule has 0 radical (unpaired) electrons. The number of nitrogens with one attached hydrogen (secondary N) is 1. The van der Waals surface area contributed by atoms with Gasteiger partial charge in [0.2, 0.25) is 5.91 Å². The van der Waals surface area contributed by atoms with E-state index >= 15 is 0 Å². The fourth-order valence-electron chi connectivity index (χ4n) is 1.24. The second kappa shape index (κ2) is 4.77. The average Bonchev–Trinajstić information content (AvgIpc) is 2.18. The lowest BCUT2D eigenvalue weighted by molar-refractivity contribution is -0.120. The first kappa shape index (κ1) is 10.7. The van der Waals surface area contributed by atoms with Crippen LogP contribution in [0.1, 0.15) is 24.1 Å². The Kier molecular flexibility index (Phi) is 3.65. The summed E-state index contributed by atoms with van der Waals surface area (Å²) in [6, 6.07) is 8.10. The lowest BCUT2D eigenvalue weighted by atomic mass is 10.1. The Morgan fingerprint density at radius 1 is 1.43 bits per heavy atom. The third kappa shape index (κ3) is 2.85. The molecule has 0 saturated heterocycles. The van der Waals surface area contributed by atoms with Crippen LogP contribution in [0.3, 0.4) is 0 Å². The third-order valence-electron chi connectivity index (χ3n) is 2.14. The van der Waals surface area contributed by atoms with Crippen molar-refractivity contribution in [2.24, 2.45) is 5.73 Å². The molecule has 0 aliphatic rings. The van der Waals surface area contributed by atoms with Crippen molar-refractivity contribution in [2.75, 3.05) is 6.54 Å². The van der Waals surface area contributed by atoms with Crippen molar-refractivity contribution >= 4 is 5.91 Å². The van der Waals surface area contributed by atoms with Gasteiger partial charge in [-0.25, -0.2) is 0 Å². The molecule has 3 nitrogen and oxygen atoms in total. The topological polar surface area (TPSA) is 55.1 Å². The minimum absolute atomic E-state index is 0.0200. The second-order valence-electron chi connectivity index (χ2n) is 3.40. The fraction of sp³-hybridized carbons (Fsp3) is 0.364. The van der Waals surface area contributed by atoms with Crippen LogP contribution in [0.4, 0.5) is 0 Å². The van der Waals surface area contributed by atoms with Gasteiger partial charge in [-0.15, -0.1) is 0 Å². The highest BCUT2D eigenvalue weighted by Crippen LogP contribution is 2.12. The van der Waals surface area contributed by atoms with Gasteiger partial charge in [-0.1, -0.05) is 29.8 Å². The Morgan fingerprint density at radius 2 is 2.00 bits per heavy atom. The predicted molar refractivity (Wildman–Crippen MR) is 56.8 cm³/mol. The molecular weight excluding hydrogens is 176 g/mol. The van der Waals surface area contributed by atoms with E-state index in [-0.39, 0.29) is 18.5 Å². The zero-order valence-corrected chi connectivity index (χ0v) is 8.58. The van der Waals surface area contributed by atoms with Crippen LogP contribution in [0, 0.1) is 6.92 Å². The maximum Gasteiger partial charge on any atom is 0.234 e. The molecule has 0 spiro atoms. The Bertz CT molecular complexity index is 306. The smallest absolute Gasteiger partial charge is 0.234 e. The SMILES string of the molecule is Cc1ccc([C@H](C)NC(=O)CN)cc1. The van der Waals surface area contributed by atoms with Gasteiger partial charge in [-0.3, -0.25) is 4.79 Å². The monoisotopic (exact) mass is 192 g/mol. The van der Waals surface area contributed by atoms with Crippen molar-refractivity contribution < 1.29 is 4.79 Å². The van der Waals surface area contributed by atoms with Gasteiger partial charge < -0.3 is 11.1 Å². The molecule has 76 valence electrons. The molecule has 1 aromatic carbocycles. The highest BCUT2D eigenvalue weighted by atomic mass is 16.1. The van der Waals surface area contributed by atoms with Crippen molar-refractivity contribution in [1.82, 2.24) is 5.32 Å². The Morgan fingerprint density at radius 3 is 2.50 bits per heavy atom. The quantitative estimate of drug-likeness (QED) is 0.754. The molecule has 1 atom stereocenters. The normalized spacial score (nSPS) is 12.2.